The monoisotopic (exact) mass is 136 g/mol. The second-order valence-corrected chi connectivity index (χ2v) is 1.45. The Kier molecular flexibility index (Phi) is 3.42. The summed E-state index contributed by atoms with van der Waals surface area (Å²) in [5, 5.41) is 12.0. The van der Waals surface area contributed by atoms with Crippen molar-refractivity contribution in [3.8, 4) is 0 Å². The molecule has 0 aromatic rings. The van der Waals surface area contributed by atoms with E-state index in [2.05, 4.69) is 0 Å². The van der Waals surface area contributed by atoms with Crippen LogP contribution in [-0.2, 0) is 9.59 Å². The quantitative estimate of drug-likeness (QED) is 0.272. The van der Waals surface area contributed by atoms with Gasteiger partial charge in [0.05, 0.1) is 0 Å². The highest BCUT2D eigenvalue weighted by Crippen LogP contribution is 1.90. The van der Waals surface area contributed by atoms with Crippen molar-refractivity contribution in [1.82, 2.24) is 0 Å². The molecule has 0 bridgehead atoms. The lowest BCUT2D eigenvalue weighted by atomic mass is 10.1. The van der Waals surface area contributed by atoms with Crippen LogP contribution in [0.25, 0.3) is 0 Å². The first-order valence-electron chi connectivity index (χ1n) is 2.44. The molecule has 50 valence electrons. The molecule has 0 atom stereocenters. The number of nitrogens with zero attached hydrogens (tertiary/aromatic N) is 2. The number of hydrogen-bond acceptors (Lipinski definition) is 4. The van der Waals surface area contributed by atoms with Crippen LogP contribution >= 0.6 is 0 Å². The van der Waals surface area contributed by atoms with Crippen LogP contribution < -0.4 is 0 Å². The fourth-order valence-electron chi connectivity index (χ4n) is 0.450. The van der Waals surface area contributed by atoms with Crippen molar-refractivity contribution in [2.75, 3.05) is 0 Å². The van der Waals surface area contributed by atoms with Gasteiger partial charge in [0, 0.05) is 10.8 Å². The predicted molar refractivity (Wildman–Crippen MR) is 31.7 cm³/mol. The minimum Gasteiger partial charge on any atom is -0.286 e. The molecular weight excluding hydrogens is 132 g/mol. The van der Waals surface area contributed by atoms with E-state index in [1.807, 2.05) is 0 Å². The Bertz CT molecular complexity index is 203. The molecule has 0 unspecified atom stereocenters. The molecule has 4 nitrogen and oxygen atoms in total. The van der Waals surface area contributed by atoms with Crippen molar-refractivity contribution in [2.45, 2.75) is 0 Å². The summed E-state index contributed by atoms with van der Waals surface area (Å²) in [7, 11) is 0. The van der Waals surface area contributed by atoms with E-state index in [9.17, 15) is 9.59 Å². The van der Waals surface area contributed by atoms with Gasteiger partial charge in [0.2, 0.25) is 11.6 Å². The third-order valence-corrected chi connectivity index (χ3v) is 0.849. The molecule has 0 aromatic heterocycles. The Balaban J connectivity index is 0.000000371. The van der Waals surface area contributed by atoms with E-state index in [1.54, 1.807) is 12.2 Å². The van der Waals surface area contributed by atoms with Gasteiger partial charge in [-0.1, -0.05) is 12.2 Å². The van der Waals surface area contributed by atoms with E-state index in [0.29, 0.717) is 0 Å². The maximum atomic E-state index is 10.3. The summed E-state index contributed by atoms with van der Waals surface area (Å²) in [5.74, 6) is -0.875. The predicted octanol–water partition coefficient (Wildman–Crippen LogP) is 0.281. The third kappa shape index (κ3) is 2.01. The summed E-state index contributed by atoms with van der Waals surface area (Å²) in [4.78, 5) is 20.6. The Morgan fingerprint density at radius 3 is 1.40 bits per heavy atom. The van der Waals surface area contributed by atoms with E-state index in [4.69, 9.17) is 10.8 Å². The second-order valence-electron chi connectivity index (χ2n) is 1.45. The van der Waals surface area contributed by atoms with Gasteiger partial charge in [-0.25, -0.2) is 0 Å². The van der Waals surface area contributed by atoms with Crippen molar-refractivity contribution in [1.29, 1.82) is 10.8 Å². The molecule has 0 spiro atoms. The summed E-state index contributed by atoms with van der Waals surface area (Å²) in [6, 6.07) is 0. The first-order valence-corrected chi connectivity index (χ1v) is 2.44. The van der Waals surface area contributed by atoms with Crippen LogP contribution in [0.1, 0.15) is 0 Å². The third-order valence-electron chi connectivity index (χ3n) is 0.849. The number of hydrogen-bond donors (Lipinski definition) is 0. The van der Waals surface area contributed by atoms with Crippen LogP contribution in [0.4, 0.5) is 0 Å². The van der Waals surface area contributed by atoms with E-state index >= 15 is 0 Å². The first-order chi connectivity index (χ1) is 4.80. The SMILES string of the molecule is N#N.O=C1C=CC=CC1=O. The van der Waals surface area contributed by atoms with E-state index in [0.717, 1.165) is 0 Å². The van der Waals surface area contributed by atoms with Gasteiger partial charge in [0.1, 0.15) is 0 Å². The molecule has 1 aliphatic carbocycles. The van der Waals surface area contributed by atoms with Crippen LogP contribution in [0.15, 0.2) is 24.3 Å². The lowest BCUT2D eigenvalue weighted by Gasteiger charge is -1.88. The molecule has 0 heterocycles. The lowest BCUT2D eigenvalue weighted by Crippen LogP contribution is -2.08. The molecule has 0 fully saturated rings. The van der Waals surface area contributed by atoms with Crippen molar-refractivity contribution in [3.63, 3.8) is 0 Å². The van der Waals surface area contributed by atoms with Gasteiger partial charge in [-0.15, -0.1) is 0 Å². The van der Waals surface area contributed by atoms with Crippen LogP contribution in [0.5, 0.6) is 0 Å². The minimum atomic E-state index is -0.437. The molecule has 4 heteroatoms. The first kappa shape index (κ1) is 8.24. The summed E-state index contributed by atoms with van der Waals surface area (Å²) >= 11 is 0. The van der Waals surface area contributed by atoms with Crippen molar-refractivity contribution >= 4 is 11.6 Å². The number of carbonyl (C=O) groups is 2. The van der Waals surface area contributed by atoms with Gasteiger partial charge >= 0.3 is 0 Å². The second kappa shape index (κ2) is 4.15. The van der Waals surface area contributed by atoms with Crippen molar-refractivity contribution in [2.24, 2.45) is 0 Å². The molecule has 0 saturated carbocycles. The highest BCUT2D eigenvalue weighted by molar-refractivity contribution is 6.46. The van der Waals surface area contributed by atoms with Gasteiger partial charge in [-0.05, 0) is 12.2 Å². The molecule has 10 heavy (non-hydrogen) atoms. The Morgan fingerprint density at radius 1 is 0.900 bits per heavy atom. The van der Waals surface area contributed by atoms with Gasteiger partial charge in [0.15, 0.2) is 0 Å². The number of rotatable bonds is 0. The van der Waals surface area contributed by atoms with Crippen LogP contribution in [0, 0.1) is 10.8 Å². The van der Waals surface area contributed by atoms with Crippen LogP contribution in [0.3, 0.4) is 0 Å². The average molecular weight is 136 g/mol. The maximum absolute atomic E-state index is 10.3. The molecule has 0 radical (unpaired) electrons. The van der Waals surface area contributed by atoms with E-state index in [-0.39, 0.29) is 0 Å². The van der Waals surface area contributed by atoms with Gasteiger partial charge < -0.3 is 0 Å². The highest BCUT2D eigenvalue weighted by atomic mass is 16.2. The fourth-order valence-corrected chi connectivity index (χ4v) is 0.450. The normalized spacial score (nSPS) is 14.2. The zero-order chi connectivity index (χ0) is 7.98. The number of ketones is 2. The number of allylic oxidation sites excluding steroid dienone is 4. The van der Waals surface area contributed by atoms with Gasteiger partial charge in [-0.2, -0.15) is 0 Å². The lowest BCUT2D eigenvalue weighted by molar-refractivity contribution is -0.131. The standard InChI is InChI=1S/C6H4O2.N2/c7-5-3-1-2-4-6(5)8;1-2/h1-4H;. The Labute approximate surface area is 57.3 Å². The van der Waals surface area contributed by atoms with Crippen LogP contribution in [0.2, 0.25) is 0 Å². The van der Waals surface area contributed by atoms with E-state index in [1.165, 1.54) is 12.2 Å². The average Bonchev–Trinajstić information content (AvgIpc) is 2.00. The minimum absolute atomic E-state index is 0.437. The summed E-state index contributed by atoms with van der Waals surface area (Å²) in [6.45, 7) is 0. The fraction of sp³-hybridized carbons (Fsp3) is 0. The molecular formula is C6H4N2O2. The van der Waals surface area contributed by atoms with Crippen molar-refractivity contribution < 1.29 is 9.59 Å². The molecule has 0 amide bonds. The smallest absolute Gasteiger partial charge is 0.225 e. The zero-order valence-corrected chi connectivity index (χ0v) is 5.02. The van der Waals surface area contributed by atoms with Gasteiger partial charge in [-0.3, -0.25) is 9.59 Å². The topological polar surface area (TPSA) is 81.7 Å². The van der Waals surface area contributed by atoms with Crippen molar-refractivity contribution in [3.05, 3.63) is 24.3 Å². The van der Waals surface area contributed by atoms with E-state index < -0.39 is 11.6 Å². The largest absolute Gasteiger partial charge is 0.286 e. The van der Waals surface area contributed by atoms with Gasteiger partial charge in [0.25, 0.3) is 0 Å². The maximum Gasteiger partial charge on any atom is 0.225 e. The Morgan fingerprint density at radius 2 is 1.20 bits per heavy atom. The summed E-state index contributed by atoms with van der Waals surface area (Å²) < 4.78 is 0. The summed E-state index contributed by atoms with van der Waals surface area (Å²) in [5.41, 5.74) is 0. The molecule has 0 saturated heterocycles. The Hall–Kier alpha value is -1.76. The molecule has 0 aromatic carbocycles. The molecule has 0 N–H and O–H groups in total. The summed E-state index contributed by atoms with van der Waals surface area (Å²) in [6.07, 6.45) is 5.60. The highest BCUT2D eigenvalue weighted by Gasteiger charge is 2.06. The number of carbonyl (C=O) groups excluding carboxylic acids is 2. The zero-order valence-electron chi connectivity index (χ0n) is 5.02. The molecule has 1 rings (SSSR count). The van der Waals surface area contributed by atoms with Crippen LogP contribution in [-0.4, -0.2) is 11.6 Å². The molecule has 0 aliphatic heterocycles. The molecule has 1 aliphatic rings.